The number of rotatable bonds is 7. The van der Waals surface area contributed by atoms with Crippen molar-refractivity contribution in [1.82, 2.24) is 15.4 Å². The number of anilines is 3. The standard InChI is InChI=1S/C20H17BrN6O5/c1-26(15-10-6-4-8-13(15)20(29)32-2)18-16(27(30)31)17(22-11-23-18)24-25-19(28)12-7-3-5-9-14(12)21/h3-11H,1-2H3,(H,25,28)(H,22,23,24). The molecule has 2 N–H and O–H groups in total. The second kappa shape index (κ2) is 9.83. The van der Waals surface area contributed by atoms with Gasteiger partial charge < -0.3 is 9.64 Å². The second-order valence-electron chi connectivity index (χ2n) is 6.28. The van der Waals surface area contributed by atoms with E-state index in [1.807, 2.05) is 0 Å². The Labute approximate surface area is 190 Å². The lowest BCUT2D eigenvalue weighted by atomic mass is 10.1. The van der Waals surface area contributed by atoms with Gasteiger partial charge in [-0.25, -0.2) is 14.8 Å². The highest BCUT2D eigenvalue weighted by atomic mass is 79.9. The number of hydrazine groups is 1. The Bertz CT molecular complexity index is 1190. The summed E-state index contributed by atoms with van der Waals surface area (Å²) in [7, 11) is 2.75. The van der Waals surface area contributed by atoms with Crippen LogP contribution in [0.2, 0.25) is 0 Å². The smallest absolute Gasteiger partial charge is 0.355 e. The van der Waals surface area contributed by atoms with Crippen molar-refractivity contribution in [3.8, 4) is 0 Å². The molecule has 2 aromatic carbocycles. The van der Waals surface area contributed by atoms with Crippen LogP contribution in [0.15, 0.2) is 59.3 Å². The summed E-state index contributed by atoms with van der Waals surface area (Å²) in [5, 5.41) is 11.9. The molecule has 0 atom stereocenters. The average Bonchev–Trinajstić information content (AvgIpc) is 2.81. The van der Waals surface area contributed by atoms with Gasteiger partial charge in [-0.3, -0.25) is 25.8 Å². The molecular weight excluding hydrogens is 484 g/mol. The van der Waals surface area contributed by atoms with Gasteiger partial charge in [0.1, 0.15) is 6.33 Å². The molecule has 3 rings (SSSR count). The van der Waals surface area contributed by atoms with E-state index in [1.165, 1.54) is 25.1 Å². The third kappa shape index (κ3) is 4.64. The molecule has 0 radical (unpaired) electrons. The number of nitro groups is 1. The summed E-state index contributed by atoms with van der Waals surface area (Å²) >= 11 is 3.27. The molecule has 0 unspecified atom stereocenters. The lowest BCUT2D eigenvalue weighted by Gasteiger charge is -2.21. The summed E-state index contributed by atoms with van der Waals surface area (Å²) in [5.41, 5.74) is 5.23. The highest BCUT2D eigenvalue weighted by Crippen LogP contribution is 2.36. The molecule has 0 saturated carbocycles. The Kier molecular flexibility index (Phi) is 6.95. The van der Waals surface area contributed by atoms with Crippen LogP contribution in [0.5, 0.6) is 0 Å². The van der Waals surface area contributed by atoms with E-state index in [9.17, 15) is 19.7 Å². The third-order valence-corrected chi connectivity index (χ3v) is 5.08. The van der Waals surface area contributed by atoms with Crippen molar-refractivity contribution < 1.29 is 19.2 Å². The Balaban J connectivity index is 1.95. The number of aromatic nitrogens is 2. The Hall–Kier alpha value is -4.06. The van der Waals surface area contributed by atoms with E-state index in [-0.39, 0.29) is 17.2 Å². The fraction of sp³-hybridized carbons (Fsp3) is 0.100. The summed E-state index contributed by atoms with van der Waals surface area (Å²) in [6, 6.07) is 13.1. The summed E-state index contributed by atoms with van der Waals surface area (Å²) in [4.78, 5) is 45.0. The van der Waals surface area contributed by atoms with Crippen molar-refractivity contribution >= 4 is 50.8 Å². The summed E-state index contributed by atoms with van der Waals surface area (Å²) < 4.78 is 5.34. The highest BCUT2D eigenvalue weighted by Gasteiger charge is 2.28. The zero-order valence-electron chi connectivity index (χ0n) is 16.9. The van der Waals surface area contributed by atoms with Crippen LogP contribution in [-0.2, 0) is 4.74 Å². The van der Waals surface area contributed by atoms with Crippen molar-refractivity contribution in [3.05, 3.63) is 80.6 Å². The third-order valence-electron chi connectivity index (χ3n) is 4.39. The van der Waals surface area contributed by atoms with Crippen LogP contribution in [0.1, 0.15) is 20.7 Å². The summed E-state index contributed by atoms with van der Waals surface area (Å²) in [6.45, 7) is 0. The predicted octanol–water partition coefficient (Wildman–Crippen LogP) is 3.46. The minimum absolute atomic E-state index is 0.0982. The van der Waals surface area contributed by atoms with Gasteiger partial charge in [0, 0.05) is 11.5 Å². The molecule has 11 nitrogen and oxygen atoms in total. The number of hydrogen-bond acceptors (Lipinski definition) is 9. The molecule has 12 heteroatoms. The van der Waals surface area contributed by atoms with E-state index in [4.69, 9.17) is 4.74 Å². The number of nitrogens with one attached hydrogen (secondary N) is 2. The molecule has 0 aliphatic carbocycles. The zero-order valence-corrected chi connectivity index (χ0v) is 18.5. The Morgan fingerprint density at radius 3 is 2.41 bits per heavy atom. The maximum Gasteiger partial charge on any atom is 0.355 e. The first-order chi connectivity index (χ1) is 15.3. The number of para-hydroxylation sites is 1. The van der Waals surface area contributed by atoms with Crippen LogP contribution in [0.25, 0.3) is 0 Å². The van der Waals surface area contributed by atoms with Gasteiger partial charge in [-0.15, -0.1) is 0 Å². The van der Waals surface area contributed by atoms with E-state index in [2.05, 4.69) is 36.7 Å². The molecule has 0 aliphatic heterocycles. The molecule has 1 heterocycles. The monoisotopic (exact) mass is 500 g/mol. The maximum absolute atomic E-state index is 12.4. The van der Waals surface area contributed by atoms with Gasteiger partial charge in [-0.2, -0.15) is 0 Å². The number of methoxy groups -OCH3 is 1. The minimum atomic E-state index is -0.681. The van der Waals surface area contributed by atoms with Crippen molar-refractivity contribution in [2.75, 3.05) is 24.5 Å². The second-order valence-corrected chi connectivity index (χ2v) is 7.13. The van der Waals surface area contributed by atoms with Gasteiger partial charge in [-0.05, 0) is 40.2 Å². The van der Waals surface area contributed by atoms with Crippen molar-refractivity contribution in [3.63, 3.8) is 0 Å². The Morgan fingerprint density at radius 2 is 1.75 bits per heavy atom. The lowest BCUT2D eigenvalue weighted by Crippen LogP contribution is -2.31. The van der Waals surface area contributed by atoms with E-state index >= 15 is 0 Å². The van der Waals surface area contributed by atoms with Crippen LogP contribution in [0, 0.1) is 10.1 Å². The SMILES string of the molecule is COC(=O)c1ccccc1N(C)c1ncnc(NNC(=O)c2ccccc2Br)c1[N+](=O)[O-]. The van der Waals surface area contributed by atoms with Crippen LogP contribution in [0.3, 0.4) is 0 Å². The predicted molar refractivity (Wildman–Crippen MR) is 120 cm³/mol. The number of halogens is 1. The fourth-order valence-corrected chi connectivity index (χ4v) is 3.33. The van der Waals surface area contributed by atoms with Gasteiger partial charge in [0.05, 0.1) is 28.8 Å². The number of esters is 1. The number of benzene rings is 2. The van der Waals surface area contributed by atoms with Crippen LogP contribution in [0.4, 0.5) is 23.0 Å². The van der Waals surface area contributed by atoms with E-state index in [0.717, 1.165) is 6.33 Å². The first-order valence-electron chi connectivity index (χ1n) is 9.06. The normalized spacial score (nSPS) is 10.2. The average molecular weight is 501 g/mol. The first kappa shape index (κ1) is 22.6. The molecule has 1 aromatic heterocycles. The molecule has 32 heavy (non-hydrogen) atoms. The summed E-state index contributed by atoms with van der Waals surface area (Å²) in [6.07, 6.45) is 1.10. The molecule has 0 aliphatic rings. The van der Waals surface area contributed by atoms with Crippen LogP contribution < -0.4 is 15.8 Å². The van der Waals surface area contributed by atoms with Crippen LogP contribution in [-0.4, -0.2) is 40.9 Å². The first-order valence-corrected chi connectivity index (χ1v) is 9.85. The number of nitrogens with zero attached hydrogens (tertiary/aromatic N) is 4. The van der Waals surface area contributed by atoms with Gasteiger partial charge in [-0.1, -0.05) is 24.3 Å². The van der Waals surface area contributed by atoms with Crippen molar-refractivity contribution in [2.24, 2.45) is 0 Å². The quantitative estimate of drug-likeness (QED) is 0.283. The maximum atomic E-state index is 12.4. The van der Waals surface area contributed by atoms with Gasteiger partial charge in [0.25, 0.3) is 5.91 Å². The van der Waals surface area contributed by atoms with Crippen molar-refractivity contribution in [1.29, 1.82) is 0 Å². The number of carbonyl (C=O) groups excluding carboxylic acids is 2. The molecule has 3 aromatic rings. The van der Waals surface area contributed by atoms with Crippen molar-refractivity contribution in [2.45, 2.75) is 0 Å². The zero-order chi connectivity index (χ0) is 23.3. The largest absolute Gasteiger partial charge is 0.465 e. The van der Waals surface area contributed by atoms with E-state index < -0.39 is 22.5 Å². The van der Waals surface area contributed by atoms with Gasteiger partial charge in [0.2, 0.25) is 11.6 Å². The molecule has 0 saturated heterocycles. The molecule has 0 spiro atoms. The number of carbonyl (C=O) groups is 2. The van der Waals surface area contributed by atoms with E-state index in [1.54, 1.807) is 42.5 Å². The highest BCUT2D eigenvalue weighted by molar-refractivity contribution is 9.10. The van der Waals surface area contributed by atoms with Crippen LogP contribution >= 0.6 is 15.9 Å². The van der Waals surface area contributed by atoms with E-state index in [0.29, 0.717) is 15.7 Å². The minimum Gasteiger partial charge on any atom is -0.465 e. The topological polar surface area (TPSA) is 140 Å². The molecule has 1 amide bonds. The van der Waals surface area contributed by atoms with Gasteiger partial charge in [0.15, 0.2) is 0 Å². The number of ether oxygens (including phenoxy) is 1. The molecule has 164 valence electrons. The van der Waals surface area contributed by atoms with Gasteiger partial charge >= 0.3 is 11.7 Å². The number of amides is 1. The summed E-state index contributed by atoms with van der Waals surface area (Å²) in [5.74, 6) is -1.47. The Morgan fingerprint density at radius 1 is 1.09 bits per heavy atom. The molecule has 0 fully saturated rings. The lowest BCUT2D eigenvalue weighted by molar-refractivity contribution is -0.383. The molecule has 0 bridgehead atoms. The fourth-order valence-electron chi connectivity index (χ4n) is 2.87. The molecular formula is C20H17BrN6O5. The number of hydrogen-bond donors (Lipinski definition) is 2.